The summed E-state index contributed by atoms with van der Waals surface area (Å²) in [6.45, 7) is 7.10. The first-order chi connectivity index (χ1) is 13.3. The molecule has 0 fully saturated rings. The minimum atomic E-state index is -0.883. The number of aromatic nitrogens is 1. The number of nitrogens with zero attached hydrogens (tertiary/aromatic N) is 2. The molecule has 0 spiro atoms. The minimum Gasteiger partial charge on any atom is -0.462 e. The highest BCUT2D eigenvalue weighted by molar-refractivity contribution is 7.20. The molecule has 3 rings (SSSR count). The molecule has 0 aliphatic rings. The fourth-order valence-corrected chi connectivity index (χ4v) is 4.41. The Morgan fingerprint density at radius 1 is 1.14 bits per heavy atom. The third-order valence-electron chi connectivity index (χ3n) is 4.24. The second-order valence-electron chi connectivity index (χ2n) is 6.16. The Bertz CT molecular complexity index is 1230. The fraction of sp³-hybridized carbons (Fsp3) is 0.300. The zero-order valence-corrected chi connectivity index (χ0v) is 16.7. The van der Waals surface area contributed by atoms with Crippen LogP contribution >= 0.6 is 11.3 Å². The largest absolute Gasteiger partial charge is 0.462 e. The zero-order chi connectivity index (χ0) is 20.6. The van der Waals surface area contributed by atoms with Gasteiger partial charge in [0.1, 0.15) is 22.0 Å². The molecule has 0 amide bonds. The van der Waals surface area contributed by atoms with Crippen molar-refractivity contribution < 1.29 is 19.1 Å². The Morgan fingerprint density at radius 3 is 2.39 bits per heavy atom. The SMILES string of the molecule is CCOC(=O)c1sc2c(C#N)c3c(C)cc(C)cn3c2c(=O)c1C(=O)OCC. The first kappa shape index (κ1) is 19.6. The summed E-state index contributed by atoms with van der Waals surface area (Å²) in [5.74, 6) is -1.67. The van der Waals surface area contributed by atoms with Crippen molar-refractivity contribution in [2.45, 2.75) is 27.7 Å². The van der Waals surface area contributed by atoms with Gasteiger partial charge in [0.05, 0.1) is 29.0 Å². The number of pyridine rings is 1. The van der Waals surface area contributed by atoms with Gasteiger partial charge >= 0.3 is 11.9 Å². The Morgan fingerprint density at radius 2 is 1.79 bits per heavy atom. The number of esters is 2. The van der Waals surface area contributed by atoms with Crippen molar-refractivity contribution in [1.29, 1.82) is 5.26 Å². The van der Waals surface area contributed by atoms with Gasteiger partial charge < -0.3 is 13.9 Å². The summed E-state index contributed by atoms with van der Waals surface area (Å²) >= 11 is 0.903. The molecular weight excluding hydrogens is 380 g/mol. The van der Waals surface area contributed by atoms with Crippen molar-refractivity contribution in [3.63, 3.8) is 0 Å². The van der Waals surface area contributed by atoms with Crippen molar-refractivity contribution in [2.24, 2.45) is 0 Å². The zero-order valence-electron chi connectivity index (χ0n) is 15.9. The molecule has 7 nitrogen and oxygen atoms in total. The summed E-state index contributed by atoms with van der Waals surface area (Å²) in [7, 11) is 0. The minimum absolute atomic E-state index is 0.0554. The Hall–Kier alpha value is -3.18. The predicted octanol–water partition coefficient (Wildman–Crippen LogP) is 3.36. The highest BCUT2D eigenvalue weighted by atomic mass is 32.1. The van der Waals surface area contributed by atoms with Crippen LogP contribution in [0.5, 0.6) is 0 Å². The molecule has 3 aromatic rings. The van der Waals surface area contributed by atoms with Crippen LogP contribution in [0.4, 0.5) is 0 Å². The summed E-state index contributed by atoms with van der Waals surface area (Å²) in [4.78, 5) is 38.1. The predicted molar refractivity (Wildman–Crippen MR) is 105 cm³/mol. The number of nitriles is 1. The van der Waals surface area contributed by atoms with Crippen LogP contribution in [0, 0.1) is 25.2 Å². The lowest BCUT2D eigenvalue weighted by Crippen LogP contribution is -2.23. The van der Waals surface area contributed by atoms with Crippen molar-refractivity contribution in [3.05, 3.63) is 49.6 Å². The third-order valence-corrected chi connectivity index (χ3v) is 5.41. The summed E-state index contributed by atoms with van der Waals surface area (Å²) < 4.78 is 12.0. The lowest BCUT2D eigenvalue weighted by molar-refractivity contribution is 0.0482. The van der Waals surface area contributed by atoms with Gasteiger partial charge in [0, 0.05) is 6.20 Å². The van der Waals surface area contributed by atoms with E-state index in [0.29, 0.717) is 10.2 Å². The average Bonchev–Trinajstić information content (AvgIpc) is 2.95. The van der Waals surface area contributed by atoms with Gasteiger partial charge in [-0.1, -0.05) is 6.07 Å². The summed E-state index contributed by atoms with van der Waals surface area (Å²) in [6.07, 6.45) is 1.73. The molecule has 0 N–H and O–H groups in total. The number of carbonyl (C=O) groups excluding carboxylic acids is 2. The van der Waals surface area contributed by atoms with E-state index in [-0.39, 0.29) is 34.7 Å². The van der Waals surface area contributed by atoms with Gasteiger partial charge in [-0.2, -0.15) is 5.26 Å². The molecule has 3 heterocycles. The van der Waals surface area contributed by atoms with Crippen molar-refractivity contribution in [1.82, 2.24) is 4.40 Å². The molecule has 0 unspecified atom stereocenters. The second kappa shape index (κ2) is 7.44. The van der Waals surface area contributed by atoms with Crippen LogP contribution in [0.15, 0.2) is 17.1 Å². The van der Waals surface area contributed by atoms with Gasteiger partial charge in [0.25, 0.3) is 0 Å². The molecule has 0 aromatic carbocycles. The number of hydrogen-bond donors (Lipinski definition) is 0. The van der Waals surface area contributed by atoms with E-state index < -0.39 is 17.4 Å². The monoisotopic (exact) mass is 398 g/mol. The first-order valence-electron chi connectivity index (χ1n) is 8.72. The van der Waals surface area contributed by atoms with Crippen molar-refractivity contribution in [3.8, 4) is 6.07 Å². The van der Waals surface area contributed by atoms with Crippen molar-refractivity contribution >= 4 is 39.0 Å². The normalized spacial score (nSPS) is 10.8. The molecule has 28 heavy (non-hydrogen) atoms. The first-order valence-corrected chi connectivity index (χ1v) is 9.53. The third kappa shape index (κ3) is 2.94. The van der Waals surface area contributed by atoms with Gasteiger partial charge in [-0.25, -0.2) is 9.59 Å². The second-order valence-corrected chi connectivity index (χ2v) is 7.18. The van der Waals surface area contributed by atoms with E-state index in [1.807, 2.05) is 19.9 Å². The number of aryl methyl sites for hydroxylation is 2. The molecule has 0 saturated carbocycles. The topological polar surface area (TPSA) is 97.9 Å². The number of hydrogen-bond acceptors (Lipinski definition) is 7. The maximum atomic E-state index is 13.3. The van der Waals surface area contributed by atoms with Crippen LogP contribution in [0.3, 0.4) is 0 Å². The lowest BCUT2D eigenvalue weighted by atomic mass is 10.1. The number of rotatable bonds is 4. The lowest BCUT2D eigenvalue weighted by Gasteiger charge is -2.08. The van der Waals surface area contributed by atoms with Crippen molar-refractivity contribution in [2.75, 3.05) is 13.2 Å². The molecule has 0 bridgehead atoms. The van der Waals surface area contributed by atoms with E-state index in [4.69, 9.17) is 9.47 Å². The Balaban J connectivity index is 2.56. The van der Waals surface area contributed by atoms with E-state index in [1.54, 1.807) is 24.4 Å². The molecule has 0 atom stereocenters. The molecule has 0 radical (unpaired) electrons. The van der Waals surface area contributed by atoms with E-state index in [9.17, 15) is 19.6 Å². The van der Waals surface area contributed by atoms with Crippen LogP contribution in [0.2, 0.25) is 0 Å². The molecule has 8 heteroatoms. The molecule has 0 aliphatic carbocycles. The van der Waals surface area contributed by atoms with Gasteiger partial charge in [-0.3, -0.25) is 4.79 Å². The number of carbonyl (C=O) groups is 2. The van der Waals surface area contributed by atoms with E-state index >= 15 is 0 Å². The summed E-state index contributed by atoms with van der Waals surface area (Å²) in [5, 5.41) is 9.74. The smallest absolute Gasteiger partial charge is 0.349 e. The average molecular weight is 398 g/mol. The number of ether oxygens (including phenoxy) is 2. The maximum absolute atomic E-state index is 13.3. The summed E-state index contributed by atoms with van der Waals surface area (Å²) in [5.41, 5.74) is 1.73. The molecule has 144 valence electrons. The highest BCUT2D eigenvalue weighted by Crippen LogP contribution is 2.33. The molecule has 3 aromatic heterocycles. The van der Waals surface area contributed by atoms with Crippen LogP contribution in [-0.4, -0.2) is 29.6 Å². The van der Waals surface area contributed by atoms with Crippen LogP contribution < -0.4 is 5.43 Å². The Kier molecular flexibility index (Phi) is 5.21. The number of fused-ring (bicyclic) bond motifs is 3. The summed E-state index contributed by atoms with van der Waals surface area (Å²) in [6, 6.07) is 4.04. The van der Waals surface area contributed by atoms with Crippen LogP contribution in [0.25, 0.3) is 15.7 Å². The van der Waals surface area contributed by atoms with Gasteiger partial charge in [-0.05, 0) is 38.8 Å². The maximum Gasteiger partial charge on any atom is 0.349 e. The van der Waals surface area contributed by atoms with Gasteiger partial charge in [-0.15, -0.1) is 11.3 Å². The van der Waals surface area contributed by atoms with Gasteiger partial charge in [0.2, 0.25) is 5.43 Å². The van der Waals surface area contributed by atoms with E-state index in [0.717, 1.165) is 22.5 Å². The molecule has 0 aliphatic heterocycles. The highest BCUT2D eigenvalue weighted by Gasteiger charge is 2.29. The van der Waals surface area contributed by atoms with Gasteiger partial charge in [0.15, 0.2) is 0 Å². The van der Waals surface area contributed by atoms with E-state index in [1.165, 1.54) is 0 Å². The quantitative estimate of drug-likeness (QED) is 0.625. The van der Waals surface area contributed by atoms with E-state index in [2.05, 4.69) is 6.07 Å². The standard InChI is InChI=1S/C20H18N2O5S/c1-5-26-19(24)13-16(23)15-17(28-18(13)20(25)27-6-2)12(8-21)14-11(4)7-10(3)9-22(14)15/h7,9H,5-6H2,1-4H3. The van der Waals surface area contributed by atoms with Crippen LogP contribution in [-0.2, 0) is 9.47 Å². The fourth-order valence-electron chi connectivity index (χ4n) is 3.25. The Labute approximate surface area is 164 Å². The molecule has 0 saturated heterocycles. The van der Waals surface area contributed by atoms with Crippen LogP contribution in [0.1, 0.15) is 50.6 Å². The molecular formula is C20H18N2O5S.